The van der Waals surface area contributed by atoms with Gasteiger partial charge in [0.25, 0.3) is 0 Å². The lowest BCUT2D eigenvalue weighted by Gasteiger charge is -1.93. The summed E-state index contributed by atoms with van der Waals surface area (Å²) in [6, 6.07) is 10.6. The first kappa shape index (κ1) is 31.6. The Morgan fingerprint density at radius 3 is 1.15 bits per heavy atom. The van der Waals surface area contributed by atoms with Crippen LogP contribution in [0.2, 0.25) is 0 Å². The quantitative estimate of drug-likeness (QED) is 0.523. The molecule has 0 aromatic heterocycles. The molecule has 0 N–H and O–H groups in total. The van der Waals surface area contributed by atoms with Gasteiger partial charge in [-0.1, -0.05) is 119 Å². The molecule has 0 spiro atoms. The Morgan fingerprint density at radius 1 is 0.550 bits per heavy atom. The molecule has 0 radical (unpaired) electrons. The van der Waals surface area contributed by atoms with Crippen LogP contribution < -0.4 is 0 Å². The van der Waals surface area contributed by atoms with Crippen LogP contribution in [0.4, 0.5) is 0 Å². The van der Waals surface area contributed by atoms with Crippen molar-refractivity contribution in [3.05, 3.63) is 35.9 Å². The summed E-state index contributed by atoms with van der Waals surface area (Å²) in [6.45, 7) is 10.9. The largest absolute Gasteiger partial charge is 0.0776 e. The highest BCUT2D eigenvalue weighted by Crippen LogP contribution is 2.00. The van der Waals surface area contributed by atoms with E-state index in [2.05, 4.69) is 65.0 Å². The van der Waals surface area contributed by atoms with Gasteiger partial charge in [-0.05, 0) is 12.0 Å². The third kappa shape index (κ3) is 30.3. The average molecular weight is 285 g/mol. The molecule has 0 saturated heterocycles. The molecule has 0 saturated carbocycles. The van der Waals surface area contributed by atoms with Crippen molar-refractivity contribution < 1.29 is 0 Å². The van der Waals surface area contributed by atoms with Crippen molar-refractivity contribution >= 4 is 0 Å². The second kappa shape index (κ2) is 30.9. The summed E-state index contributed by atoms with van der Waals surface area (Å²) in [7, 11) is 0. The van der Waals surface area contributed by atoms with E-state index >= 15 is 0 Å². The summed E-state index contributed by atoms with van der Waals surface area (Å²) < 4.78 is 0. The molecule has 124 valence electrons. The first-order valence-corrected chi connectivity index (χ1v) is 7.30. The Balaban J connectivity index is -0.0000000597. The topological polar surface area (TPSA) is 0 Å². The molecule has 1 aromatic rings. The van der Waals surface area contributed by atoms with Gasteiger partial charge < -0.3 is 0 Å². The van der Waals surface area contributed by atoms with Crippen molar-refractivity contribution in [1.82, 2.24) is 0 Å². The lowest BCUT2D eigenvalue weighted by molar-refractivity contribution is 0.886. The maximum Gasteiger partial charge on any atom is -0.0281 e. The third-order valence-corrected chi connectivity index (χ3v) is 2.38. The molecule has 0 aliphatic heterocycles. The number of benzene rings is 1. The molecular weight excluding hydrogens is 240 g/mol. The van der Waals surface area contributed by atoms with Crippen molar-refractivity contribution in [3.8, 4) is 0 Å². The van der Waals surface area contributed by atoms with Crippen LogP contribution in [0.3, 0.4) is 0 Å². The molecule has 0 atom stereocenters. The Kier molecular flexibility index (Phi) is 48.8. The van der Waals surface area contributed by atoms with Gasteiger partial charge in [0, 0.05) is 0 Å². The summed E-state index contributed by atoms with van der Waals surface area (Å²) in [5.74, 6) is 0. The summed E-state index contributed by atoms with van der Waals surface area (Å²) in [4.78, 5) is 0. The number of aryl methyl sites for hydroxylation is 1. The smallest absolute Gasteiger partial charge is 0.0281 e. The van der Waals surface area contributed by atoms with E-state index in [1.54, 1.807) is 0 Å². The first-order chi connectivity index (χ1) is 8.26. The minimum absolute atomic E-state index is 0. The first-order valence-electron chi connectivity index (χ1n) is 7.30. The molecule has 0 unspecified atom stereocenters. The van der Waals surface area contributed by atoms with E-state index in [9.17, 15) is 0 Å². The van der Waals surface area contributed by atoms with Crippen molar-refractivity contribution in [2.45, 2.75) is 95.4 Å². The summed E-state index contributed by atoms with van der Waals surface area (Å²) >= 11 is 0. The zero-order valence-electron chi connectivity index (χ0n) is 12.6. The molecule has 0 nitrogen and oxygen atoms in total. The van der Waals surface area contributed by atoms with Crippen LogP contribution >= 0.6 is 0 Å². The van der Waals surface area contributed by atoms with Gasteiger partial charge >= 0.3 is 0 Å². The second-order valence-corrected chi connectivity index (χ2v) is 4.24. The van der Waals surface area contributed by atoms with E-state index in [0.717, 1.165) is 0 Å². The Labute approximate surface area is 132 Å². The maximum atomic E-state index is 2.20. The van der Waals surface area contributed by atoms with Gasteiger partial charge in [0.1, 0.15) is 0 Å². The van der Waals surface area contributed by atoms with Gasteiger partial charge in [0.15, 0.2) is 0 Å². The van der Waals surface area contributed by atoms with E-state index in [1.807, 2.05) is 0 Å². The zero-order chi connectivity index (χ0) is 13.4. The Hall–Kier alpha value is -0.780. The number of hydrogen-bond donors (Lipinski definition) is 0. The molecular formula is C20H44. The number of unbranched alkanes of at least 4 members (excludes halogenated alkanes) is 2. The molecule has 0 fully saturated rings. The highest BCUT2D eigenvalue weighted by Gasteiger charge is 1.84. The van der Waals surface area contributed by atoms with Gasteiger partial charge in [0.2, 0.25) is 0 Å². The van der Waals surface area contributed by atoms with Gasteiger partial charge in [-0.25, -0.2) is 0 Å². The lowest BCUT2D eigenvalue weighted by atomic mass is 10.1. The van der Waals surface area contributed by atoms with Crippen LogP contribution in [0.25, 0.3) is 0 Å². The molecule has 1 rings (SSSR count). The lowest BCUT2D eigenvalue weighted by Crippen LogP contribution is -1.78. The summed E-state index contributed by atoms with van der Waals surface area (Å²) in [6.07, 6.45) is 7.73. The van der Waals surface area contributed by atoms with E-state index in [-0.39, 0.29) is 22.3 Å². The normalized spacial score (nSPS) is 7.25. The SMILES string of the molecule is C.C.C.CCCC.CCCC.CCCc1ccccc1. The van der Waals surface area contributed by atoms with E-state index in [1.165, 1.54) is 44.1 Å². The zero-order valence-corrected chi connectivity index (χ0v) is 12.6. The molecule has 0 aliphatic rings. The van der Waals surface area contributed by atoms with E-state index in [4.69, 9.17) is 0 Å². The Morgan fingerprint density at radius 2 is 0.900 bits per heavy atom. The van der Waals surface area contributed by atoms with Gasteiger partial charge in [-0.2, -0.15) is 0 Å². The van der Waals surface area contributed by atoms with Crippen molar-refractivity contribution in [2.24, 2.45) is 0 Å². The summed E-state index contributed by atoms with van der Waals surface area (Å²) in [5, 5.41) is 0. The number of hydrogen-bond acceptors (Lipinski definition) is 0. The predicted octanol–water partition coefficient (Wildman–Crippen LogP) is 8.16. The van der Waals surface area contributed by atoms with E-state index in [0.29, 0.717) is 0 Å². The minimum atomic E-state index is 0. The highest BCUT2D eigenvalue weighted by molar-refractivity contribution is 5.14. The average Bonchev–Trinajstić information content (AvgIpc) is 2.41. The molecule has 0 heterocycles. The second-order valence-electron chi connectivity index (χ2n) is 4.24. The van der Waals surface area contributed by atoms with Crippen LogP contribution in [0.1, 0.15) is 94.6 Å². The third-order valence-electron chi connectivity index (χ3n) is 2.38. The van der Waals surface area contributed by atoms with Gasteiger partial charge in [-0.3, -0.25) is 0 Å². The molecule has 0 amide bonds. The van der Waals surface area contributed by atoms with Crippen LogP contribution in [-0.2, 0) is 6.42 Å². The van der Waals surface area contributed by atoms with E-state index < -0.39 is 0 Å². The molecule has 0 aliphatic carbocycles. The fraction of sp³-hybridized carbons (Fsp3) is 0.700. The minimum Gasteiger partial charge on any atom is -0.0776 e. The van der Waals surface area contributed by atoms with Gasteiger partial charge in [-0.15, -0.1) is 0 Å². The molecule has 0 heteroatoms. The van der Waals surface area contributed by atoms with Crippen LogP contribution in [0.5, 0.6) is 0 Å². The van der Waals surface area contributed by atoms with Crippen molar-refractivity contribution in [3.63, 3.8) is 0 Å². The molecule has 20 heavy (non-hydrogen) atoms. The monoisotopic (exact) mass is 284 g/mol. The fourth-order valence-electron chi connectivity index (χ4n) is 0.933. The fourth-order valence-corrected chi connectivity index (χ4v) is 0.933. The molecule has 1 aromatic carbocycles. The van der Waals surface area contributed by atoms with Crippen molar-refractivity contribution in [2.75, 3.05) is 0 Å². The van der Waals surface area contributed by atoms with Gasteiger partial charge in [0.05, 0.1) is 0 Å². The Bertz CT molecular complexity index is 193. The standard InChI is InChI=1S/C9H12.2C4H10.3CH4/c1-2-6-9-7-4-3-5-8-9;2*1-3-4-2;;;/h3-5,7-8H,2,6H2,1H3;2*3-4H2,1-2H3;3*1H4. The van der Waals surface area contributed by atoms with Crippen LogP contribution in [0, 0.1) is 0 Å². The van der Waals surface area contributed by atoms with Crippen LogP contribution in [-0.4, -0.2) is 0 Å². The maximum absolute atomic E-state index is 2.20. The predicted molar refractivity (Wildman–Crippen MR) is 102 cm³/mol. The highest BCUT2D eigenvalue weighted by atomic mass is 13.9. The number of rotatable bonds is 4. The van der Waals surface area contributed by atoms with Crippen molar-refractivity contribution in [1.29, 1.82) is 0 Å². The molecule has 0 bridgehead atoms. The van der Waals surface area contributed by atoms with Crippen LogP contribution in [0.15, 0.2) is 30.3 Å². The summed E-state index contributed by atoms with van der Waals surface area (Å²) in [5.41, 5.74) is 1.44.